The van der Waals surface area contributed by atoms with Gasteiger partial charge < -0.3 is 9.47 Å². The second kappa shape index (κ2) is 10.1. The summed E-state index contributed by atoms with van der Waals surface area (Å²) in [6, 6.07) is 12.0. The van der Waals surface area contributed by atoms with Gasteiger partial charge >= 0.3 is 0 Å². The lowest BCUT2D eigenvalue weighted by Crippen LogP contribution is -2.40. The lowest BCUT2D eigenvalue weighted by Gasteiger charge is -2.30. The molecule has 1 aliphatic heterocycles. The molecule has 2 aromatic carbocycles. The summed E-state index contributed by atoms with van der Waals surface area (Å²) in [4.78, 5) is 21.0. The zero-order valence-corrected chi connectivity index (χ0v) is 21.0. The Balaban J connectivity index is 1.73. The summed E-state index contributed by atoms with van der Waals surface area (Å²) < 4.78 is 11.7. The Bertz CT molecular complexity index is 1060. The SMILES string of the molecule is COc1cc(OC)c(/C=C2/SC(=Nc3ccc(C)cc3)N(C3CCCCC3)C2=O)cc1Br. The summed E-state index contributed by atoms with van der Waals surface area (Å²) in [5, 5.41) is 0.753. The highest BCUT2D eigenvalue weighted by Gasteiger charge is 2.38. The quantitative estimate of drug-likeness (QED) is 0.416. The number of rotatable bonds is 5. The second-order valence-electron chi connectivity index (χ2n) is 8.04. The molecule has 5 nitrogen and oxygen atoms in total. The van der Waals surface area contributed by atoms with E-state index in [-0.39, 0.29) is 11.9 Å². The van der Waals surface area contributed by atoms with Gasteiger partial charge in [-0.3, -0.25) is 9.69 Å². The topological polar surface area (TPSA) is 51.1 Å². The van der Waals surface area contributed by atoms with Crippen molar-refractivity contribution in [3.63, 3.8) is 0 Å². The monoisotopic (exact) mass is 514 g/mol. The van der Waals surface area contributed by atoms with Crippen molar-refractivity contribution in [3.05, 3.63) is 56.9 Å². The molecule has 0 unspecified atom stereocenters. The number of hydrogen-bond donors (Lipinski definition) is 0. The van der Waals surface area contributed by atoms with Gasteiger partial charge in [0.15, 0.2) is 5.17 Å². The maximum Gasteiger partial charge on any atom is 0.267 e. The minimum Gasteiger partial charge on any atom is -0.496 e. The van der Waals surface area contributed by atoms with Gasteiger partial charge in [-0.05, 0) is 71.7 Å². The van der Waals surface area contributed by atoms with Crippen LogP contribution in [-0.2, 0) is 4.79 Å². The summed E-state index contributed by atoms with van der Waals surface area (Å²) >= 11 is 4.97. The third kappa shape index (κ3) is 4.89. The molecule has 0 aromatic heterocycles. The standard InChI is InChI=1S/C25H27BrN2O3S/c1-16-9-11-18(12-10-16)27-25-28(19-7-5-4-6-8-19)24(29)23(32-25)14-17-13-20(26)22(31-3)15-21(17)30-2/h9-15,19H,4-8H2,1-3H3/b23-14+,27-25?. The molecule has 1 saturated heterocycles. The Morgan fingerprint density at radius 3 is 2.41 bits per heavy atom. The number of carbonyl (C=O) groups excluding carboxylic acids is 1. The van der Waals surface area contributed by atoms with E-state index in [9.17, 15) is 4.79 Å². The zero-order valence-electron chi connectivity index (χ0n) is 18.6. The third-order valence-corrected chi connectivity index (χ3v) is 7.43. The van der Waals surface area contributed by atoms with E-state index < -0.39 is 0 Å². The van der Waals surface area contributed by atoms with E-state index in [1.807, 2.05) is 47.4 Å². The Hall–Kier alpha value is -2.25. The summed E-state index contributed by atoms with van der Waals surface area (Å²) in [6.45, 7) is 2.06. The first-order valence-electron chi connectivity index (χ1n) is 10.8. The predicted molar refractivity (Wildman–Crippen MR) is 135 cm³/mol. The number of benzene rings is 2. The van der Waals surface area contributed by atoms with Crippen molar-refractivity contribution >= 4 is 50.5 Å². The van der Waals surface area contributed by atoms with Crippen molar-refractivity contribution in [2.24, 2.45) is 4.99 Å². The number of amides is 1. The summed E-state index contributed by atoms with van der Waals surface area (Å²) in [5.41, 5.74) is 2.86. The second-order valence-corrected chi connectivity index (χ2v) is 9.90. The number of amidine groups is 1. The predicted octanol–water partition coefficient (Wildman–Crippen LogP) is 6.71. The first-order chi connectivity index (χ1) is 15.5. The summed E-state index contributed by atoms with van der Waals surface area (Å²) in [7, 11) is 3.23. The molecule has 168 valence electrons. The van der Waals surface area contributed by atoms with Crippen LogP contribution in [0.5, 0.6) is 11.5 Å². The molecule has 7 heteroatoms. The van der Waals surface area contributed by atoms with Crippen LogP contribution in [0.25, 0.3) is 6.08 Å². The van der Waals surface area contributed by atoms with E-state index in [0.29, 0.717) is 16.4 Å². The fourth-order valence-corrected chi connectivity index (χ4v) is 5.67. The number of thioether (sulfide) groups is 1. The minimum absolute atomic E-state index is 0.0155. The molecular formula is C25H27BrN2O3S. The maximum atomic E-state index is 13.6. The molecule has 0 N–H and O–H groups in total. The Labute approximate surface area is 202 Å². The van der Waals surface area contributed by atoms with Gasteiger partial charge in [-0.15, -0.1) is 0 Å². The number of methoxy groups -OCH3 is 2. The fourth-order valence-electron chi connectivity index (χ4n) is 4.09. The fraction of sp³-hybridized carbons (Fsp3) is 0.360. The normalized spacial score (nSPS) is 19.8. The molecule has 1 amide bonds. The number of aliphatic imine (C=N–C) groups is 1. The molecule has 2 aliphatic rings. The number of nitrogens with zero attached hydrogens (tertiary/aromatic N) is 2. The van der Waals surface area contributed by atoms with Crippen molar-refractivity contribution < 1.29 is 14.3 Å². The molecular weight excluding hydrogens is 488 g/mol. The minimum atomic E-state index is 0.0155. The van der Waals surface area contributed by atoms with Gasteiger partial charge in [0.25, 0.3) is 5.91 Å². The molecule has 2 fully saturated rings. The molecule has 0 spiro atoms. The van der Waals surface area contributed by atoms with Crippen molar-refractivity contribution in [1.82, 2.24) is 4.90 Å². The van der Waals surface area contributed by atoms with Gasteiger partial charge in [0, 0.05) is 17.7 Å². The molecule has 0 bridgehead atoms. The van der Waals surface area contributed by atoms with Crippen LogP contribution in [0.3, 0.4) is 0 Å². The average molecular weight is 515 g/mol. The van der Waals surface area contributed by atoms with Gasteiger partial charge in [-0.25, -0.2) is 4.99 Å². The van der Waals surface area contributed by atoms with Crippen molar-refractivity contribution in [1.29, 1.82) is 0 Å². The number of aryl methyl sites for hydroxylation is 1. The molecule has 32 heavy (non-hydrogen) atoms. The van der Waals surface area contributed by atoms with Crippen LogP contribution >= 0.6 is 27.7 Å². The lowest BCUT2D eigenvalue weighted by atomic mass is 9.94. The average Bonchev–Trinajstić information content (AvgIpc) is 3.10. The molecule has 1 heterocycles. The molecule has 0 radical (unpaired) electrons. The number of hydrogen-bond acceptors (Lipinski definition) is 5. The van der Waals surface area contributed by atoms with Gasteiger partial charge in [0.1, 0.15) is 11.5 Å². The smallest absolute Gasteiger partial charge is 0.267 e. The van der Waals surface area contributed by atoms with Crippen molar-refractivity contribution in [2.75, 3.05) is 14.2 Å². The van der Waals surface area contributed by atoms with E-state index in [4.69, 9.17) is 14.5 Å². The highest BCUT2D eigenvalue weighted by atomic mass is 79.9. The van der Waals surface area contributed by atoms with Gasteiger partial charge in [-0.2, -0.15) is 0 Å². The van der Waals surface area contributed by atoms with E-state index in [1.54, 1.807) is 14.2 Å². The van der Waals surface area contributed by atoms with Crippen LogP contribution in [0.4, 0.5) is 5.69 Å². The summed E-state index contributed by atoms with van der Waals surface area (Å²) in [5.74, 6) is 1.35. The highest BCUT2D eigenvalue weighted by Crippen LogP contribution is 2.41. The van der Waals surface area contributed by atoms with Crippen LogP contribution in [0, 0.1) is 6.92 Å². The number of carbonyl (C=O) groups is 1. The first kappa shape index (κ1) is 22.9. The van der Waals surface area contributed by atoms with Crippen LogP contribution in [-0.4, -0.2) is 36.2 Å². The third-order valence-electron chi connectivity index (χ3n) is 5.83. The number of halogens is 1. The van der Waals surface area contributed by atoms with Crippen molar-refractivity contribution in [3.8, 4) is 11.5 Å². The molecule has 1 aliphatic carbocycles. The van der Waals surface area contributed by atoms with E-state index in [1.165, 1.54) is 23.7 Å². The lowest BCUT2D eigenvalue weighted by molar-refractivity contribution is -0.124. The van der Waals surface area contributed by atoms with E-state index >= 15 is 0 Å². The van der Waals surface area contributed by atoms with Crippen LogP contribution in [0.2, 0.25) is 0 Å². The van der Waals surface area contributed by atoms with Gasteiger partial charge in [0.2, 0.25) is 0 Å². The molecule has 1 saturated carbocycles. The first-order valence-corrected chi connectivity index (χ1v) is 12.4. The summed E-state index contributed by atoms with van der Waals surface area (Å²) in [6.07, 6.45) is 7.46. The van der Waals surface area contributed by atoms with Crippen LogP contribution in [0.1, 0.15) is 43.2 Å². The Kier molecular flexibility index (Phi) is 7.26. The Morgan fingerprint density at radius 2 is 1.75 bits per heavy atom. The molecule has 4 rings (SSSR count). The zero-order chi connectivity index (χ0) is 22.7. The van der Waals surface area contributed by atoms with E-state index in [2.05, 4.69) is 22.9 Å². The Morgan fingerprint density at radius 1 is 1.06 bits per heavy atom. The maximum absolute atomic E-state index is 13.6. The van der Waals surface area contributed by atoms with Gasteiger partial charge in [0.05, 0.1) is 29.3 Å². The molecule has 2 aromatic rings. The largest absolute Gasteiger partial charge is 0.496 e. The van der Waals surface area contributed by atoms with Crippen molar-refractivity contribution in [2.45, 2.75) is 45.1 Å². The van der Waals surface area contributed by atoms with Gasteiger partial charge in [-0.1, -0.05) is 37.0 Å². The molecule has 0 atom stereocenters. The van der Waals surface area contributed by atoms with Crippen LogP contribution < -0.4 is 9.47 Å². The number of ether oxygens (including phenoxy) is 2. The van der Waals surface area contributed by atoms with E-state index in [0.717, 1.165) is 46.6 Å². The van der Waals surface area contributed by atoms with Crippen LogP contribution in [0.15, 0.2) is 50.8 Å². The highest BCUT2D eigenvalue weighted by molar-refractivity contribution is 9.10.